The summed E-state index contributed by atoms with van der Waals surface area (Å²) in [5.41, 5.74) is 4.10. The number of aryl methyl sites for hydroxylation is 2. The lowest BCUT2D eigenvalue weighted by atomic mass is 10.1. The number of halogens is 1. The van der Waals surface area contributed by atoms with Crippen LogP contribution in [0.3, 0.4) is 0 Å². The van der Waals surface area contributed by atoms with Crippen molar-refractivity contribution in [3.63, 3.8) is 0 Å². The zero-order valence-corrected chi connectivity index (χ0v) is 19.9. The van der Waals surface area contributed by atoms with Crippen LogP contribution >= 0.6 is 34.7 Å². The van der Waals surface area contributed by atoms with Crippen molar-refractivity contribution in [2.45, 2.75) is 18.2 Å². The van der Waals surface area contributed by atoms with Crippen molar-refractivity contribution in [2.75, 3.05) is 30.5 Å². The monoisotopic (exact) mass is 475 g/mol. The number of nitrogens with zero attached hydrogens (tertiary/aromatic N) is 3. The van der Waals surface area contributed by atoms with Crippen molar-refractivity contribution in [3.8, 4) is 0 Å². The number of anilines is 3. The second kappa shape index (κ2) is 10.1. The molecule has 0 radical (unpaired) electrons. The normalized spacial score (nSPS) is 10.6. The number of hydrogen-bond donors (Lipinski definition) is 2. The predicted molar refractivity (Wildman–Crippen MR) is 128 cm³/mol. The van der Waals surface area contributed by atoms with Gasteiger partial charge in [0, 0.05) is 25.3 Å². The highest BCUT2D eigenvalue weighted by Gasteiger charge is 2.12. The fraction of sp³-hybridized carbons (Fsp3) is 0.238. The van der Waals surface area contributed by atoms with Gasteiger partial charge in [0.05, 0.1) is 16.5 Å². The molecule has 0 atom stereocenters. The second-order valence-corrected chi connectivity index (χ2v) is 9.66. The molecular weight excluding hydrogens is 454 g/mol. The zero-order valence-electron chi connectivity index (χ0n) is 17.5. The maximum atomic E-state index is 12.2. The third kappa shape index (κ3) is 6.19. The fourth-order valence-electron chi connectivity index (χ4n) is 2.78. The van der Waals surface area contributed by atoms with Crippen LogP contribution in [0.4, 0.5) is 16.5 Å². The number of aromatic nitrogens is 2. The van der Waals surface area contributed by atoms with Gasteiger partial charge in [-0.15, -0.1) is 10.2 Å². The van der Waals surface area contributed by atoms with Crippen molar-refractivity contribution >= 4 is 63.0 Å². The van der Waals surface area contributed by atoms with Gasteiger partial charge in [0.2, 0.25) is 11.0 Å². The summed E-state index contributed by atoms with van der Waals surface area (Å²) in [7, 11) is 3.39. The number of rotatable bonds is 7. The van der Waals surface area contributed by atoms with Gasteiger partial charge >= 0.3 is 0 Å². The Bertz CT molecular complexity index is 1080. The highest BCUT2D eigenvalue weighted by Crippen LogP contribution is 2.33. The molecule has 1 heterocycles. The molecule has 0 unspecified atom stereocenters. The molecule has 0 saturated carbocycles. The third-order valence-corrected chi connectivity index (χ3v) is 6.49. The van der Waals surface area contributed by atoms with Gasteiger partial charge in [-0.05, 0) is 55.3 Å². The zero-order chi connectivity index (χ0) is 22.5. The standard InChI is InChI=1S/C21H22ClN5O2S2/c1-12-9-13(2)18(16(22)10-12)24-20-25-26-21(31-20)30-11-17(28)23-15-7-5-14(6-8-15)19(29)27(3)4/h5-10H,11H2,1-4H3,(H,23,28)(H,24,25). The number of carbonyl (C=O) groups excluding carboxylic acids is 2. The minimum absolute atomic E-state index is 0.0868. The quantitative estimate of drug-likeness (QED) is 0.468. The Morgan fingerprint density at radius 1 is 1.13 bits per heavy atom. The van der Waals surface area contributed by atoms with Gasteiger partial charge in [-0.2, -0.15) is 0 Å². The first kappa shape index (κ1) is 23.1. The summed E-state index contributed by atoms with van der Waals surface area (Å²) in [6.45, 7) is 3.97. The molecule has 0 bridgehead atoms. The molecule has 3 rings (SSSR count). The van der Waals surface area contributed by atoms with Gasteiger partial charge in [0.25, 0.3) is 5.91 Å². The molecule has 10 heteroatoms. The lowest BCUT2D eigenvalue weighted by Crippen LogP contribution is -2.21. The van der Waals surface area contributed by atoms with Crippen LogP contribution in [-0.2, 0) is 4.79 Å². The van der Waals surface area contributed by atoms with Crippen LogP contribution in [0.25, 0.3) is 0 Å². The van der Waals surface area contributed by atoms with E-state index in [-0.39, 0.29) is 17.6 Å². The molecule has 0 spiro atoms. The maximum absolute atomic E-state index is 12.2. The summed E-state index contributed by atoms with van der Waals surface area (Å²) >= 11 is 8.98. The predicted octanol–water partition coefficient (Wildman–Crippen LogP) is 4.98. The van der Waals surface area contributed by atoms with E-state index in [0.717, 1.165) is 16.8 Å². The summed E-state index contributed by atoms with van der Waals surface area (Å²) in [6.07, 6.45) is 0. The van der Waals surface area contributed by atoms with E-state index < -0.39 is 0 Å². The smallest absolute Gasteiger partial charge is 0.253 e. The van der Waals surface area contributed by atoms with Crippen LogP contribution in [0.5, 0.6) is 0 Å². The Balaban J connectivity index is 1.53. The molecule has 7 nitrogen and oxygen atoms in total. The third-order valence-electron chi connectivity index (χ3n) is 4.22. The number of amides is 2. The van der Waals surface area contributed by atoms with Crippen LogP contribution in [0.15, 0.2) is 40.7 Å². The molecule has 0 aliphatic rings. The lowest BCUT2D eigenvalue weighted by molar-refractivity contribution is -0.113. The topological polar surface area (TPSA) is 87.2 Å². The second-order valence-electron chi connectivity index (χ2n) is 7.05. The van der Waals surface area contributed by atoms with Crippen molar-refractivity contribution in [3.05, 3.63) is 58.1 Å². The SMILES string of the molecule is Cc1cc(C)c(Nc2nnc(SCC(=O)Nc3ccc(C(=O)N(C)C)cc3)s2)c(Cl)c1. The Labute approximate surface area is 194 Å². The van der Waals surface area contributed by atoms with E-state index in [1.54, 1.807) is 38.4 Å². The van der Waals surface area contributed by atoms with Gasteiger partial charge in [-0.1, -0.05) is 40.8 Å². The Hall–Kier alpha value is -2.62. The fourth-order valence-corrected chi connectivity index (χ4v) is 4.70. The molecule has 0 aliphatic heterocycles. The van der Waals surface area contributed by atoms with Crippen LogP contribution in [0.2, 0.25) is 5.02 Å². The molecule has 0 saturated heterocycles. The Morgan fingerprint density at radius 3 is 2.48 bits per heavy atom. The van der Waals surface area contributed by atoms with Gasteiger partial charge < -0.3 is 15.5 Å². The molecule has 2 aromatic carbocycles. The van der Waals surface area contributed by atoms with Crippen molar-refractivity contribution in [2.24, 2.45) is 0 Å². The van der Waals surface area contributed by atoms with Gasteiger partial charge in [0.15, 0.2) is 4.34 Å². The van der Waals surface area contributed by atoms with Crippen molar-refractivity contribution < 1.29 is 9.59 Å². The molecule has 162 valence electrons. The number of hydrogen-bond acceptors (Lipinski definition) is 7. The Kier molecular flexibility index (Phi) is 7.53. The van der Waals surface area contributed by atoms with E-state index in [9.17, 15) is 9.59 Å². The number of thioether (sulfide) groups is 1. The van der Waals surface area contributed by atoms with Gasteiger partial charge in [0.1, 0.15) is 0 Å². The largest absolute Gasteiger partial charge is 0.345 e. The minimum atomic E-state index is -0.168. The highest BCUT2D eigenvalue weighted by atomic mass is 35.5. The lowest BCUT2D eigenvalue weighted by Gasteiger charge is -2.10. The minimum Gasteiger partial charge on any atom is -0.345 e. The van der Waals surface area contributed by atoms with Crippen molar-refractivity contribution in [1.29, 1.82) is 0 Å². The summed E-state index contributed by atoms with van der Waals surface area (Å²) in [6, 6.07) is 10.7. The van der Waals surface area contributed by atoms with E-state index in [1.807, 2.05) is 26.0 Å². The van der Waals surface area contributed by atoms with Crippen LogP contribution in [0, 0.1) is 13.8 Å². The first-order valence-corrected chi connectivity index (χ1v) is 11.5. The van der Waals surface area contributed by atoms with E-state index in [2.05, 4.69) is 20.8 Å². The maximum Gasteiger partial charge on any atom is 0.253 e. The molecular formula is C21H22ClN5O2S2. The van der Waals surface area contributed by atoms with E-state index in [1.165, 1.54) is 28.0 Å². The van der Waals surface area contributed by atoms with Crippen LogP contribution in [-0.4, -0.2) is 46.8 Å². The average molecular weight is 476 g/mol. The molecule has 31 heavy (non-hydrogen) atoms. The Morgan fingerprint density at radius 2 is 1.84 bits per heavy atom. The molecule has 1 aromatic heterocycles. The summed E-state index contributed by atoms with van der Waals surface area (Å²) in [5, 5.41) is 15.5. The summed E-state index contributed by atoms with van der Waals surface area (Å²) in [4.78, 5) is 25.7. The first-order chi connectivity index (χ1) is 14.7. The van der Waals surface area contributed by atoms with Crippen molar-refractivity contribution in [1.82, 2.24) is 15.1 Å². The summed E-state index contributed by atoms with van der Waals surface area (Å²) in [5.74, 6) is -0.0628. The average Bonchev–Trinajstić information content (AvgIpc) is 3.16. The molecule has 2 N–H and O–H groups in total. The van der Waals surface area contributed by atoms with E-state index in [0.29, 0.717) is 25.7 Å². The molecule has 0 fully saturated rings. The molecule has 3 aromatic rings. The van der Waals surface area contributed by atoms with Crippen LogP contribution in [0.1, 0.15) is 21.5 Å². The van der Waals surface area contributed by atoms with Gasteiger partial charge in [-0.3, -0.25) is 9.59 Å². The van der Waals surface area contributed by atoms with E-state index in [4.69, 9.17) is 11.6 Å². The highest BCUT2D eigenvalue weighted by molar-refractivity contribution is 8.01. The number of benzene rings is 2. The van der Waals surface area contributed by atoms with Gasteiger partial charge in [-0.25, -0.2) is 0 Å². The first-order valence-electron chi connectivity index (χ1n) is 9.34. The van der Waals surface area contributed by atoms with Crippen LogP contribution < -0.4 is 10.6 Å². The molecule has 0 aliphatic carbocycles. The molecule has 2 amide bonds. The number of nitrogens with one attached hydrogen (secondary N) is 2. The van der Waals surface area contributed by atoms with E-state index >= 15 is 0 Å². The summed E-state index contributed by atoms with van der Waals surface area (Å²) < 4.78 is 0.672. The number of carbonyl (C=O) groups is 2.